The second-order valence-electron chi connectivity index (χ2n) is 4.56. The van der Waals surface area contributed by atoms with Gasteiger partial charge in [-0.25, -0.2) is 9.97 Å². The lowest BCUT2D eigenvalue weighted by Crippen LogP contribution is -2.10. The maximum Gasteiger partial charge on any atom is 0.131 e. The van der Waals surface area contributed by atoms with Crippen molar-refractivity contribution in [2.75, 3.05) is 23.7 Å². The Bertz CT molecular complexity index is 509. The second kappa shape index (κ2) is 7.42. The highest BCUT2D eigenvalue weighted by molar-refractivity contribution is 5.47. The zero-order chi connectivity index (χ0) is 14.2. The highest BCUT2D eigenvalue weighted by atomic mass is 15.4. The molecule has 0 saturated heterocycles. The number of aryl methyl sites for hydroxylation is 2. The SMILES string of the molecule is CCCNc1cc(NCCCn2ccnn2)nc(C)n1. The largest absolute Gasteiger partial charge is 0.370 e. The van der Waals surface area contributed by atoms with Crippen molar-refractivity contribution >= 4 is 11.6 Å². The number of hydrogen-bond acceptors (Lipinski definition) is 6. The summed E-state index contributed by atoms with van der Waals surface area (Å²) in [5.74, 6) is 2.50. The minimum Gasteiger partial charge on any atom is -0.370 e. The molecular weight excluding hydrogens is 254 g/mol. The van der Waals surface area contributed by atoms with E-state index in [0.717, 1.165) is 49.9 Å². The predicted molar refractivity (Wildman–Crippen MR) is 78.7 cm³/mol. The summed E-state index contributed by atoms with van der Waals surface area (Å²) in [5, 5.41) is 14.3. The van der Waals surface area contributed by atoms with Crippen LogP contribution in [-0.2, 0) is 6.54 Å². The predicted octanol–water partition coefficient (Wildman–Crippen LogP) is 1.70. The molecule has 7 heteroatoms. The Labute approximate surface area is 118 Å². The van der Waals surface area contributed by atoms with Crippen LogP contribution in [0.3, 0.4) is 0 Å². The standard InChI is InChI=1S/C13H21N7/c1-3-5-14-12-10-13(18-11(2)17-12)15-6-4-8-20-9-7-16-19-20/h7,9-10H,3-6,8H2,1-2H3,(H2,14,15,17,18). The van der Waals surface area contributed by atoms with E-state index in [4.69, 9.17) is 0 Å². The Morgan fingerprint density at radius 3 is 2.55 bits per heavy atom. The lowest BCUT2D eigenvalue weighted by molar-refractivity contribution is 0.569. The molecule has 0 aromatic carbocycles. The Morgan fingerprint density at radius 1 is 1.15 bits per heavy atom. The molecule has 0 aliphatic rings. The van der Waals surface area contributed by atoms with Gasteiger partial charge in [-0.15, -0.1) is 5.10 Å². The van der Waals surface area contributed by atoms with Crippen molar-refractivity contribution in [3.05, 3.63) is 24.3 Å². The normalized spacial score (nSPS) is 10.5. The zero-order valence-corrected chi connectivity index (χ0v) is 12.0. The summed E-state index contributed by atoms with van der Waals surface area (Å²) >= 11 is 0. The van der Waals surface area contributed by atoms with Gasteiger partial charge < -0.3 is 10.6 Å². The van der Waals surface area contributed by atoms with E-state index in [9.17, 15) is 0 Å². The first-order valence-electron chi connectivity index (χ1n) is 6.95. The number of hydrogen-bond donors (Lipinski definition) is 2. The molecular formula is C13H21N7. The van der Waals surface area contributed by atoms with Crippen LogP contribution in [0.15, 0.2) is 18.5 Å². The van der Waals surface area contributed by atoms with Crippen molar-refractivity contribution in [2.24, 2.45) is 0 Å². The molecule has 0 aliphatic heterocycles. The average molecular weight is 275 g/mol. The number of nitrogens with zero attached hydrogens (tertiary/aromatic N) is 5. The quantitative estimate of drug-likeness (QED) is 0.714. The van der Waals surface area contributed by atoms with Crippen molar-refractivity contribution < 1.29 is 0 Å². The molecule has 108 valence electrons. The van der Waals surface area contributed by atoms with Crippen molar-refractivity contribution in [2.45, 2.75) is 33.2 Å². The lowest BCUT2D eigenvalue weighted by atomic mass is 10.4. The van der Waals surface area contributed by atoms with Gasteiger partial charge in [0.2, 0.25) is 0 Å². The van der Waals surface area contributed by atoms with Crippen LogP contribution in [0.25, 0.3) is 0 Å². The summed E-state index contributed by atoms with van der Waals surface area (Å²) in [6.07, 6.45) is 5.59. The van der Waals surface area contributed by atoms with Gasteiger partial charge in [-0.3, -0.25) is 4.68 Å². The molecule has 2 N–H and O–H groups in total. The van der Waals surface area contributed by atoms with Gasteiger partial charge in [0.15, 0.2) is 0 Å². The maximum atomic E-state index is 4.38. The molecule has 0 spiro atoms. The minimum atomic E-state index is 0.768. The molecule has 7 nitrogen and oxygen atoms in total. The maximum absolute atomic E-state index is 4.38. The highest BCUT2D eigenvalue weighted by Crippen LogP contribution is 2.11. The van der Waals surface area contributed by atoms with Gasteiger partial charge in [-0.2, -0.15) is 0 Å². The molecule has 2 rings (SSSR count). The first kappa shape index (κ1) is 14.2. The van der Waals surface area contributed by atoms with Crippen LogP contribution in [0.5, 0.6) is 0 Å². The van der Waals surface area contributed by atoms with Gasteiger partial charge in [0.25, 0.3) is 0 Å². The van der Waals surface area contributed by atoms with Gasteiger partial charge >= 0.3 is 0 Å². The van der Waals surface area contributed by atoms with Crippen LogP contribution in [-0.4, -0.2) is 38.1 Å². The molecule has 2 aromatic rings. The van der Waals surface area contributed by atoms with Crippen LogP contribution >= 0.6 is 0 Å². The molecule has 0 fully saturated rings. The van der Waals surface area contributed by atoms with Crippen LogP contribution in [0.1, 0.15) is 25.6 Å². The summed E-state index contributed by atoms with van der Waals surface area (Å²) in [5.41, 5.74) is 0. The summed E-state index contributed by atoms with van der Waals surface area (Å²) in [7, 11) is 0. The van der Waals surface area contributed by atoms with E-state index in [2.05, 4.69) is 37.8 Å². The highest BCUT2D eigenvalue weighted by Gasteiger charge is 2.01. The summed E-state index contributed by atoms with van der Waals surface area (Å²) in [4.78, 5) is 8.74. The van der Waals surface area contributed by atoms with Crippen LogP contribution in [0.2, 0.25) is 0 Å². The fourth-order valence-corrected chi connectivity index (χ4v) is 1.81. The fraction of sp³-hybridized carbons (Fsp3) is 0.538. The molecule has 2 heterocycles. The molecule has 0 atom stereocenters. The van der Waals surface area contributed by atoms with E-state index < -0.39 is 0 Å². The van der Waals surface area contributed by atoms with Crippen LogP contribution in [0, 0.1) is 6.92 Å². The van der Waals surface area contributed by atoms with Gasteiger partial charge in [0, 0.05) is 31.9 Å². The summed E-state index contributed by atoms with van der Waals surface area (Å²) < 4.78 is 1.82. The van der Waals surface area contributed by atoms with E-state index in [0.29, 0.717) is 0 Å². The molecule has 0 amide bonds. The summed E-state index contributed by atoms with van der Waals surface area (Å²) in [6, 6.07) is 1.94. The number of anilines is 2. The van der Waals surface area contributed by atoms with Gasteiger partial charge in [0.1, 0.15) is 17.5 Å². The Kier molecular flexibility index (Phi) is 5.28. The number of nitrogens with one attached hydrogen (secondary N) is 2. The van der Waals surface area contributed by atoms with E-state index in [1.807, 2.05) is 23.9 Å². The minimum absolute atomic E-state index is 0.768. The molecule has 0 radical (unpaired) electrons. The van der Waals surface area contributed by atoms with E-state index in [1.54, 1.807) is 6.20 Å². The monoisotopic (exact) mass is 275 g/mol. The van der Waals surface area contributed by atoms with E-state index in [1.165, 1.54) is 0 Å². The van der Waals surface area contributed by atoms with Crippen molar-refractivity contribution in [1.82, 2.24) is 25.0 Å². The molecule has 2 aromatic heterocycles. The second-order valence-corrected chi connectivity index (χ2v) is 4.56. The van der Waals surface area contributed by atoms with Crippen molar-refractivity contribution in [3.63, 3.8) is 0 Å². The first-order chi connectivity index (χ1) is 9.78. The third kappa shape index (κ3) is 4.49. The number of aromatic nitrogens is 5. The van der Waals surface area contributed by atoms with Crippen molar-refractivity contribution in [3.8, 4) is 0 Å². The third-order valence-corrected chi connectivity index (χ3v) is 2.74. The van der Waals surface area contributed by atoms with Gasteiger partial charge in [-0.05, 0) is 19.8 Å². The lowest BCUT2D eigenvalue weighted by Gasteiger charge is -2.09. The molecule has 0 aliphatic carbocycles. The van der Waals surface area contributed by atoms with E-state index >= 15 is 0 Å². The molecule has 0 saturated carbocycles. The molecule has 0 bridgehead atoms. The van der Waals surface area contributed by atoms with Gasteiger partial charge in [0.05, 0.1) is 6.20 Å². The number of rotatable bonds is 8. The Morgan fingerprint density at radius 2 is 1.90 bits per heavy atom. The first-order valence-corrected chi connectivity index (χ1v) is 6.95. The topological polar surface area (TPSA) is 80.5 Å². The molecule has 0 unspecified atom stereocenters. The van der Waals surface area contributed by atoms with Crippen LogP contribution in [0.4, 0.5) is 11.6 Å². The molecule has 20 heavy (non-hydrogen) atoms. The fourth-order valence-electron chi connectivity index (χ4n) is 1.81. The Hall–Kier alpha value is -2.18. The zero-order valence-electron chi connectivity index (χ0n) is 12.0. The third-order valence-electron chi connectivity index (χ3n) is 2.74. The summed E-state index contributed by atoms with van der Waals surface area (Å²) in [6.45, 7) is 6.63. The van der Waals surface area contributed by atoms with Crippen molar-refractivity contribution in [1.29, 1.82) is 0 Å². The smallest absolute Gasteiger partial charge is 0.131 e. The van der Waals surface area contributed by atoms with Gasteiger partial charge in [-0.1, -0.05) is 12.1 Å². The average Bonchev–Trinajstić information content (AvgIpc) is 2.94. The van der Waals surface area contributed by atoms with Crippen LogP contribution < -0.4 is 10.6 Å². The Balaban J connectivity index is 1.80. The van der Waals surface area contributed by atoms with E-state index in [-0.39, 0.29) is 0 Å².